The summed E-state index contributed by atoms with van der Waals surface area (Å²) in [7, 11) is 0. The van der Waals surface area contributed by atoms with Gasteiger partial charge in [0.1, 0.15) is 0 Å². The van der Waals surface area contributed by atoms with Crippen LogP contribution in [0.25, 0.3) is 0 Å². The normalized spacial score (nSPS) is 0. The van der Waals surface area contributed by atoms with Gasteiger partial charge in [0, 0.05) is 0 Å². The molecule has 0 radical (unpaired) electrons. The molecule has 0 amide bonds. The molecule has 420 valence electrons. The van der Waals surface area contributed by atoms with E-state index in [1.807, 2.05) is 0 Å². The van der Waals surface area contributed by atoms with Crippen LogP contribution in [0.1, 0.15) is 0 Å². The zero-order valence-corrected chi connectivity index (χ0v) is 25.0. The number of rotatable bonds is 0. The van der Waals surface area contributed by atoms with Crippen molar-refractivity contribution in [2.45, 2.75) is 0 Å². The molecule has 0 bridgehead atoms. The van der Waals surface area contributed by atoms with Gasteiger partial charge in [-0.25, -0.2) is 0 Å². The fraction of sp³-hybridized carbons (Fsp3) is 0. The zero-order valence-electron chi connectivity index (χ0n) is 25.0. The molecular formula is H110O50Sr5. The van der Waals surface area contributed by atoms with E-state index >= 15 is 0 Å². The molecule has 55 heteroatoms. The average Bonchev–Trinajstić information content (AvgIpc) is 0. The molecule has 0 saturated heterocycles. The van der Waals surface area contributed by atoms with Gasteiger partial charge in [0.25, 0.3) is 0 Å². The Morgan fingerprint density at radius 1 is 0.0364 bits per heavy atom. The van der Waals surface area contributed by atoms with Gasteiger partial charge in [-0.2, -0.15) is 0 Å². The molecule has 0 aromatic rings. The molecule has 55 heavy (non-hydrogen) atoms. The van der Waals surface area contributed by atoms with Crippen molar-refractivity contribution in [3.63, 3.8) is 0 Å². The SMILES string of the molecule is O.O.O.O.O.O.O.O.O.O.O.O.O.O.O.O.O.O.O.O.O.O.O.O.O.O.O.O.O.O.O.O.O.O.O.O.O.O.O.O.O.O.O.O.O.O.O.O.O.O.[SrH2].[SrH2].[SrH2].[SrH2].[SrH2]. The van der Waals surface area contributed by atoms with Crippen LogP contribution in [0.2, 0.25) is 0 Å². The van der Waals surface area contributed by atoms with E-state index in [0.29, 0.717) is 0 Å². The molecular weight excluding hydrogens is 1240 g/mol. The van der Waals surface area contributed by atoms with Crippen LogP contribution >= 0.6 is 0 Å². The average molecular weight is 1350 g/mol. The topological polar surface area (TPSA) is 1580 Å². The van der Waals surface area contributed by atoms with Gasteiger partial charge in [0.15, 0.2) is 0 Å². The van der Waals surface area contributed by atoms with E-state index in [2.05, 4.69) is 0 Å². The van der Waals surface area contributed by atoms with Crippen LogP contribution in [-0.4, -0.2) is 501 Å². The van der Waals surface area contributed by atoms with Crippen LogP contribution in [0.5, 0.6) is 0 Å². The summed E-state index contributed by atoms with van der Waals surface area (Å²) in [5.74, 6) is 0. The summed E-state index contributed by atoms with van der Waals surface area (Å²) >= 11 is 0. The van der Waals surface area contributed by atoms with E-state index in [1.165, 1.54) is 0 Å². The molecule has 0 fully saturated rings. The predicted molar refractivity (Wildman–Crippen MR) is 223 cm³/mol. The van der Waals surface area contributed by atoms with Crippen molar-refractivity contribution >= 4 is 227 Å². The van der Waals surface area contributed by atoms with Crippen molar-refractivity contribution in [1.82, 2.24) is 0 Å². The fourth-order valence-electron chi connectivity index (χ4n) is 0. The molecule has 0 spiro atoms. The molecule has 100 N–H and O–H groups in total. The molecule has 0 unspecified atom stereocenters. The first-order valence-corrected chi connectivity index (χ1v) is 0. The molecule has 50 nitrogen and oxygen atoms in total. The van der Waals surface area contributed by atoms with Gasteiger partial charge < -0.3 is 274 Å². The van der Waals surface area contributed by atoms with E-state index in [0.717, 1.165) is 0 Å². The van der Waals surface area contributed by atoms with Crippen LogP contribution < -0.4 is 0 Å². The first kappa shape index (κ1) is 7300. The second kappa shape index (κ2) is 6940. The third-order valence-electron chi connectivity index (χ3n) is 0. The predicted octanol–water partition coefficient (Wildman–Crippen LogP) is -45.8. The van der Waals surface area contributed by atoms with Gasteiger partial charge in [-0.05, 0) is 0 Å². The van der Waals surface area contributed by atoms with Crippen LogP contribution in [0.4, 0.5) is 0 Å². The Kier molecular flexibility index (Phi) is 922000. The van der Waals surface area contributed by atoms with E-state index < -0.39 is 0 Å². The van der Waals surface area contributed by atoms with Crippen LogP contribution in [0.15, 0.2) is 0 Å². The van der Waals surface area contributed by atoms with Gasteiger partial charge >= 0.3 is 227 Å². The minimum atomic E-state index is 0. The van der Waals surface area contributed by atoms with Crippen LogP contribution in [0.3, 0.4) is 0 Å². The van der Waals surface area contributed by atoms with Crippen LogP contribution in [0, 0.1) is 0 Å². The van der Waals surface area contributed by atoms with Crippen molar-refractivity contribution in [2.24, 2.45) is 0 Å². The van der Waals surface area contributed by atoms with Crippen LogP contribution in [-0.2, 0) is 0 Å². The first-order valence-electron chi connectivity index (χ1n) is 0. The Balaban J connectivity index is 0. The van der Waals surface area contributed by atoms with Gasteiger partial charge in [-0.1, -0.05) is 0 Å². The standard InChI is InChI=1S/50H2O.5Sr.10H/h50*1H2;;;;;;;;;;;;;;;. The molecule has 0 saturated carbocycles. The van der Waals surface area contributed by atoms with Crippen molar-refractivity contribution < 1.29 is 274 Å². The van der Waals surface area contributed by atoms with Gasteiger partial charge in [0.2, 0.25) is 0 Å². The van der Waals surface area contributed by atoms with E-state index in [9.17, 15) is 0 Å². The summed E-state index contributed by atoms with van der Waals surface area (Å²) in [5, 5.41) is 0. The summed E-state index contributed by atoms with van der Waals surface area (Å²) in [6.45, 7) is 0. The number of hydrogen-bond acceptors (Lipinski definition) is 0. The third-order valence-corrected chi connectivity index (χ3v) is 0. The van der Waals surface area contributed by atoms with Crippen molar-refractivity contribution in [3.05, 3.63) is 0 Å². The van der Waals surface area contributed by atoms with E-state index in [-0.39, 0.29) is 501 Å². The maximum absolute atomic E-state index is 0. The Morgan fingerprint density at radius 2 is 0.0364 bits per heavy atom. The van der Waals surface area contributed by atoms with Gasteiger partial charge in [-0.3, -0.25) is 0 Å². The molecule has 0 aliphatic carbocycles. The molecule has 0 aromatic heterocycles. The summed E-state index contributed by atoms with van der Waals surface area (Å²) in [6.07, 6.45) is 0. The van der Waals surface area contributed by atoms with E-state index in [1.54, 1.807) is 0 Å². The summed E-state index contributed by atoms with van der Waals surface area (Å²) in [6, 6.07) is 0. The fourth-order valence-corrected chi connectivity index (χ4v) is 0. The second-order valence-electron chi connectivity index (χ2n) is 0. The third kappa shape index (κ3) is 6710. The zero-order chi connectivity index (χ0) is 0. The first-order chi connectivity index (χ1) is 0. The molecule has 0 rings (SSSR count). The Labute approximate surface area is 492 Å². The van der Waals surface area contributed by atoms with Crippen molar-refractivity contribution in [2.75, 3.05) is 0 Å². The Bertz CT molecular complexity index is 24.2. The molecule has 0 aliphatic heterocycles. The van der Waals surface area contributed by atoms with Crippen molar-refractivity contribution in [1.29, 1.82) is 0 Å². The molecule has 0 aromatic carbocycles. The number of hydrogen-bond donors (Lipinski definition) is 0. The van der Waals surface area contributed by atoms with Crippen molar-refractivity contribution in [3.8, 4) is 0 Å². The maximum atomic E-state index is 0. The molecule has 0 atom stereocenters. The quantitative estimate of drug-likeness (QED) is 0.204. The molecule has 0 aliphatic rings. The van der Waals surface area contributed by atoms with Gasteiger partial charge in [0.05, 0.1) is 0 Å². The summed E-state index contributed by atoms with van der Waals surface area (Å²) in [4.78, 5) is 0. The van der Waals surface area contributed by atoms with E-state index in [4.69, 9.17) is 0 Å². The monoisotopic (exact) mass is 1350 g/mol. The second-order valence-corrected chi connectivity index (χ2v) is 0. The molecule has 0 heterocycles. The summed E-state index contributed by atoms with van der Waals surface area (Å²) < 4.78 is 0. The Hall–Kier alpha value is 5.40. The Morgan fingerprint density at radius 3 is 0.0364 bits per heavy atom. The summed E-state index contributed by atoms with van der Waals surface area (Å²) in [5.41, 5.74) is 0. The minimum absolute atomic E-state index is 0. The van der Waals surface area contributed by atoms with Gasteiger partial charge in [-0.15, -0.1) is 0 Å².